The van der Waals surface area contributed by atoms with Gasteiger partial charge >= 0.3 is 0 Å². The third-order valence-corrected chi connectivity index (χ3v) is 4.05. The molecule has 0 aliphatic rings. The monoisotopic (exact) mass is 338 g/mol. The molecule has 0 saturated carbocycles. The average Bonchev–Trinajstić information content (AvgIpc) is 3.25. The highest BCUT2D eigenvalue weighted by atomic mass is 16.5. The van der Waals surface area contributed by atoms with E-state index >= 15 is 0 Å². The van der Waals surface area contributed by atoms with Crippen molar-refractivity contribution in [1.29, 1.82) is 0 Å². The van der Waals surface area contributed by atoms with Crippen LogP contribution in [-0.4, -0.2) is 27.4 Å². The fourth-order valence-corrected chi connectivity index (χ4v) is 2.70. The Bertz CT molecular complexity index is 833. The standard InChI is InChI=1S/C19H22N4O2/c1-13(2)18-17(14(3)22-25-18)19(24)20-11-9-15-5-7-16(8-6-15)23-12-4-10-21-23/h4-8,10,12-13H,9,11H2,1-3H3,(H,20,24). The Hall–Kier alpha value is -2.89. The number of carbonyl (C=O) groups excluding carboxylic acids is 1. The van der Waals surface area contributed by atoms with Crippen LogP contribution in [0.3, 0.4) is 0 Å². The lowest BCUT2D eigenvalue weighted by Crippen LogP contribution is -2.27. The van der Waals surface area contributed by atoms with Crippen LogP contribution in [0.1, 0.15) is 47.1 Å². The molecule has 6 heteroatoms. The molecule has 0 saturated heterocycles. The molecule has 0 unspecified atom stereocenters. The van der Waals surface area contributed by atoms with Crippen LogP contribution in [0.4, 0.5) is 0 Å². The highest BCUT2D eigenvalue weighted by Gasteiger charge is 2.22. The number of amides is 1. The van der Waals surface area contributed by atoms with Crippen molar-refractivity contribution in [1.82, 2.24) is 20.3 Å². The van der Waals surface area contributed by atoms with Gasteiger partial charge in [-0.15, -0.1) is 0 Å². The van der Waals surface area contributed by atoms with Gasteiger partial charge in [-0.1, -0.05) is 31.1 Å². The van der Waals surface area contributed by atoms with Crippen LogP contribution in [0.2, 0.25) is 0 Å². The molecule has 1 aromatic carbocycles. The summed E-state index contributed by atoms with van der Waals surface area (Å²) in [6.07, 6.45) is 4.41. The Balaban J connectivity index is 1.58. The van der Waals surface area contributed by atoms with Crippen LogP contribution in [0, 0.1) is 6.92 Å². The third-order valence-electron chi connectivity index (χ3n) is 4.05. The van der Waals surface area contributed by atoms with Crippen molar-refractivity contribution >= 4 is 5.91 Å². The highest BCUT2D eigenvalue weighted by molar-refractivity contribution is 5.96. The lowest BCUT2D eigenvalue weighted by atomic mass is 10.0. The molecule has 1 N–H and O–H groups in total. The van der Waals surface area contributed by atoms with Crippen LogP contribution in [-0.2, 0) is 6.42 Å². The Labute approximate surface area is 146 Å². The number of nitrogens with one attached hydrogen (secondary N) is 1. The molecule has 0 bridgehead atoms. The van der Waals surface area contributed by atoms with Crippen molar-refractivity contribution in [3.8, 4) is 5.69 Å². The Morgan fingerprint density at radius 2 is 2.04 bits per heavy atom. The first-order valence-electron chi connectivity index (χ1n) is 8.39. The van der Waals surface area contributed by atoms with Crippen molar-refractivity contribution < 1.29 is 9.32 Å². The van der Waals surface area contributed by atoms with Crippen molar-refractivity contribution in [2.75, 3.05) is 6.54 Å². The summed E-state index contributed by atoms with van der Waals surface area (Å²) >= 11 is 0. The molecule has 0 fully saturated rings. The van der Waals surface area contributed by atoms with Gasteiger partial charge in [-0.05, 0) is 37.1 Å². The van der Waals surface area contributed by atoms with E-state index in [1.165, 1.54) is 0 Å². The summed E-state index contributed by atoms with van der Waals surface area (Å²) in [6, 6.07) is 10.0. The number of aromatic nitrogens is 3. The SMILES string of the molecule is Cc1noc(C(C)C)c1C(=O)NCCc1ccc(-n2cccn2)cc1. The van der Waals surface area contributed by atoms with Gasteiger partial charge in [0.25, 0.3) is 5.91 Å². The molecule has 1 amide bonds. The molecule has 0 atom stereocenters. The van der Waals surface area contributed by atoms with Crippen LogP contribution >= 0.6 is 0 Å². The highest BCUT2D eigenvalue weighted by Crippen LogP contribution is 2.22. The zero-order chi connectivity index (χ0) is 17.8. The summed E-state index contributed by atoms with van der Waals surface area (Å²) < 4.78 is 7.09. The molecule has 0 aliphatic carbocycles. The molecule has 6 nitrogen and oxygen atoms in total. The van der Waals surface area contributed by atoms with Crippen molar-refractivity contribution in [3.63, 3.8) is 0 Å². The number of nitrogens with zero attached hydrogens (tertiary/aromatic N) is 3. The molecule has 130 valence electrons. The maximum atomic E-state index is 12.4. The quantitative estimate of drug-likeness (QED) is 0.749. The first-order chi connectivity index (χ1) is 12.1. The zero-order valence-electron chi connectivity index (χ0n) is 14.7. The molecule has 0 radical (unpaired) electrons. The van der Waals surface area contributed by atoms with Crippen LogP contribution in [0.15, 0.2) is 47.2 Å². The first-order valence-corrected chi connectivity index (χ1v) is 8.39. The predicted octanol–water partition coefficient (Wildman–Crippen LogP) is 3.26. The lowest BCUT2D eigenvalue weighted by molar-refractivity contribution is 0.0951. The number of rotatable bonds is 6. The smallest absolute Gasteiger partial charge is 0.256 e. The van der Waals surface area contributed by atoms with E-state index in [2.05, 4.69) is 15.6 Å². The van der Waals surface area contributed by atoms with E-state index in [9.17, 15) is 4.79 Å². The average molecular weight is 338 g/mol. The van der Waals surface area contributed by atoms with Crippen LogP contribution in [0.5, 0.6) is 0 Å². The van der Waals surface area contributed by atoms with E-state index in [0.29, 0.717) is 23.6 Å². The molecular formula is C19H22N4O2. The van der Waals surface area contributed by atoms with Crippen molar-refractivity contribution in [2.45, 2.75) is 33.1 Å². The van der Waals surface area contributed by atoms with Crippen molar-refractivity contribution in [3.05, 3.63) is 65.3 Å². The normalized spacial score (nSPS) is 11.0. The molecule has 3 aromatic rings. The number of carbonyl (C=O) groups is 1. The molecule has 2 heterocycles. The second kappa shape index (κ2) is 7.34. The maximum Gasteiger partial charge on any atom is 0.256 e. The summed E-state index contributed by atoms with van der Waals surface area (Å²) in [5.41, 5.74) is 3.36. The molecule has 0 spiro atoms. The molecule has 3 rings (SSSR count). The second-order valence-corrected chi connectivity index (χ2v) is 6.28. The fourth-order valence-electron chi connectivity index (χ4n) is 2.70. The second-order valence-electron chi connectivity index (χ2n) is 6.28. The minimum absolute atomic E-state index is 0.122. The van der Waals surface area contributed by atoms with Gasteiger partial charge in [-0.2, -0.15) is 5.10 Å². The van der Waals surface area contributed by atoms with Gasteiger partial charge < -0.3 is 9.84 Å². The van der Waals surface area contributed by atoms with Gasteiger partial charge in [0.15, 0.2) is 5.76 Å². The summed E-state index contributed by atoms with van der Waals surface area (Å²) in [7, 11) is 0. The zero-order valence-corrected chi connectivity index (χ0v) is 14.7. The number of hydrogen-bond donors (Lipinski definition) is 1. The largest absolute Gasteiger partial charge is 0.360 e. The van der Waals surface area contributed by atoms with E-state index in [0.717, 1.165) is 17.7 Å². The van der Waals surface area contributed by atoms with E-state index in [1.54, 1.807) is 13.1 Å². The summed E-state index contributed by atoms with van der Waals surface area (Å²) in [4.78, 5) is 12.4. The Kier molecular flexibility index (Phi) is 4.97. The number of aryl methyl sites for hydroxylation is 1. The fraction of sp³-hybridized carbons (Fsp3) is 0.316. The van der Waals surface area contributed by atoms with Gasteiger partial charge in [0.2, 0.25) is 0 Å². The van der Waals surface area contributed by atoms with E-state index in [1.807, 2.05) is 55.1 Å². The summed E-state index contributed by atoms with van der Waals surface area (Å²) in [6.45, 7) is 6.32. The predicted molar refractivity (Wildman–Crippen MR) is 94.9 cm³/mol. The van der Waals surface area contributed by atoms with E-state index in [4.69, 9.17) is 4.52 Å². The summed E-state index contributed by atoms with van der Waals surface area (Å²) in [5, 5.41) is 11.1. The number of benzene rings is 1. The molecule has 2 aromatic heterocycles. The van der Waals surface area contributed by atoms with Gasteiger partial charge in [0, 0.05) is 24.9 Å². The lowest BCUT2D eigenvalue weighted by Gasteiger charge is -2.08. The van der Waals surface area contributed by atoms with Gasteiger partial charge in [-0.3, -0.25) is 4.79 Å². The van der Waals surface area contributed by atoms with Gasteiger partial charge in [0.1, 0.15) is 5.56 Å². The van der Waals surface area contributed by atoms with E-state index in [-0.39, 0.29) is 11.8 Å². The van der Waals surface area contributed by atoms with Crippen LogP contribution in [0.25, 0.3) is 5.69 Å². The first kappa shape index (κ1) is 17.0. The maximum absolute atomic E-state index is 12.4. The number of hydrogen-bond acceptors (Lipinski definition) is 4. The topological polar surface area (TPSA) is 73.0 Å². The Morgan fingerprint density at radius 1 is 1.28 bits per heavy atom. The minimum Gasteiger partial charge on any atom is -0.360 e. The minimum atomic E-state index is -0.129. The van der Waals surface area contributed by atoms with Crippen molar-refractivity contribution in [2.24, 2.45) is 0 Å². The summed E-state index contributed by atoms with van der Waals surface area (Å²) in [5.74, 6) is 0.631. The Morgan fingerprint density at radius 3 is 2.68 bits per heavy atom. The molecule has 0 aliphatic heterocycles. The molecule has 25 heavy (non-hydrogen) atoms. The van der Waals surface area contributed by atoms with Gasteiger partial charge in [0.05, 0.1) is 11.4 Å². The third kappa shape index (κ3) is 3.79. The molecular weight excluding hydrogens is 316 g/mol. The van der Waals surface area contributed by atoms with Gasteiger partial charge in [-0.25, -0.2) is 4.68 Å². The van der Waals surface area contributed by atoms with Crippen LogP contribution < -0.4 is 5.32 Å². The van der Waals surface area contributed by atoms with E-state index < -0.39 is 0 Å².